The lowest BCUT2D eigenvalue weighted by Gasteiger charge is -2.35. The molecule has 28 heavy (non-hydrogen) atoms. The summed E-state index contributed by atoms with van der Waals surface area (Å²) in [5.74, 6) is 7.54. The molecular weight excluding hydrogens is 342 g/mol. The standard InChI is InChI=1S/C26H31NO/c28-26(24-13-6-2-7-14-24,25-15-8-3-9-16-25)18-10-19-27-20-17-23(21-27)22-11-4-1-5-12-22/h1-2,4-7,11-14,23,25,28H,3,8-9,15-17,19-21H2/t23-,26-/m0/s1. The Hall–Kier alpha value is -2.08. The van der Waals surface area contributed by atoms with Gasteiger partial charge in [0, 0.05) is 12.5 Å². The quantitative estimate of drug-likeness (QED) is 0.767. The summed E-state index contributed by atoms with van der Waals surface area (Å²) in [4.78, 5) is 2.43. The second-order valence-electron chi connectivity index (χ2n) is 8.40. The molecule has 2 aromatic carbocycles. The highest BCUT2D eigenvalue weighted by atomic mass is 16.3. The predicted octanol–water partition coefficient (Wildman–Crippen LogP) is 4.95. The van der Waals surface area contributed by atoms with E-state index in [-0.39, 0.29) is 5.92 Å². The molecule has 1 saturated heterocycles. The van der Waals surface area contributed by atoms with Gasteiger partial charge in [-0.15, -0.1) is 0 Å². The van der Waals surface area contributed by atoms with Crippen LogP contribution in [0.25, 0.3) is 0 Å². The van der Waals surface area contributed by atoms with E-state index in [1.54, 1.807) is 0 Å². The number of hydrogen-bond donors (Lipinski definition) is 1. The maximum absolute atomic E-state index is 11.6. The molecule has 146 valence electrons. The van der Waals surface area contributed by atoms with Gasteiger partial charge in [0.25, 0.3) is 0 Å². The number of likely N-dealkylation sites (tertiary alicyclic amines) is 1. The monoisotopic (exact) mass is 373 g/mol. The first-order valence-corrected chi connectivity index (χ1v) is 10.8. The summed E-state index contributed by atoms with van der Waals surface area (Å²) in [6.45, 7) is 2.89. The molecule has 1 aliphatic heterocycles. The number of aliphatic hydroxyl groups is 1. The van der Waals surface area contributed by atoms with E-state index in [1.807, 2.05) is 30.3 Å². The van der Waals surface area contributed by atoms with Crippen molar-refractivity contribution in [3.05, 3.63) is 71.8 Å². The van der Waals surface area contributed by atoms with Crippen LogP contribution in [-0.4, -0.2) is 29.6 Å². The van der Waals surface area contributed by atoms with Crippen LogP contribution >= 0.6 is 0 Å². The second kappa shape index (κ2) is 8.95. The summed E-state index contributed by atoms with van der Waals surface area (Å²) in [7, 11) is 0. The van der Waals surface area contributed by atoms with E-state index in [9.17, 15) is 5.11 Å². The molecule has 1 saturated carbocycles. The molecule has 1 heterocycles. The number of benzene rings is 2. The molecule has 0 spiro atoms. The van der Waals surface area contributed by atoms with Crippen molar-refractivity contribution in [3.63, 3.8) is 0 Å². The number of hydrogen-bond acceptors (Lipinski definition) is 2. The van der Waals surface area contributed by atoms with Gasteiger partial charge < -0.3 is 5.11 Å². The molecule has 2 fully saturated rings. The normalized spacial score (nSPS) is 23.0. The maximum atomic E-state index is 11.6. The van der Waals surface area contributed by atoms with E-state index in [0.29, 0.717) is 5.92 Å². The van der Waals surface area contributed by atoms with Crippen molar-refractivity contribution >= 4 is 0 Å². The summed E-state index contributed by atoms with van der Waals surface area (Å²) in [6, 6.07) is 20.9. The summed E-state index contributed by atoms with van der Waals surface area (Å²) in [5.41, 5.74) is 1.37. The Kier molecular flexibility index (Phi) is 6.15. The van der Waals surface area contributed by atoms with Crippen LogP contribution < -0.4 is 0 Å². The van der Waals surface area contributed by atoms with Crippen molar-refractivity contribution in [2.24, 2.45) is 5.92 Å². The van der Waals surface area contributed by atoms with Crippen molar-refractivity contribution in [2.45, 2.75) is 50.0 Å². The van der Waals surface area contributed by atoms with Crippen LogP contribution in [0.4, 0.5) is 0 Å². The Bertz CT molecular complexity index is 801. The third kappa shape index (κ3) is 4.32. The van der Waals surface area contributed by atoms with Crippen LogP contribution in [0, 0.1) is 17.8 Å². The van der Waals surface area contributed by atoms with E-state index in [1.165, 1.54) is 31.2 Å². The molecule has 4 rings (SSSR count). The largest absolute Gasteiger partial charge is 0.373 e. The minimum Gasteiger partial charge on any atom is -0.373 e. The van der Waals surface area contributed by atoms with Gasteiger partial charge in [-0.1, -0.05) is 91.8 Å². The first-order valence-electron chi connectivity index (χ1n) is 10.8. The topological polar surface area (TPSA) is 23.5 Å². The predicted molar refractivity (Wildman–Crippen MR) is 115 cm³/mol. The minimum absolute atomic E-state index is 0.242. The Morgan fingerprint density at radius 3 is 2.29 bits per heavy atom. The van der Waals surface area contributed by atoms with E-state index < -0.39 is 5.60 Å². The molecule has 2 aliphatic rings. The van der Waals surface area contributed by atoms with Crippen LogP contribution in [-0.2, 0) is 5.60 Å². The summed E-state index contributed by atoms with van der Waals surface area (Å²) in [6.07, 6.45) is 7.01. The van der Waals surface area contributed by atoms with E-state index in [4.69, 9.17) is 0 Å². The second-order valence-corrected chi connectivity index (χ2v) is 8.40. The molecule has 2 heteroatoms. The summed E-state index contributed by atoms with van der Waals surface area (Å²) < 4.78 is 0. The smallest absolute Gasteiger partial charge is 0.153 e. The van der Waals surface area contributed by atoms with Crippen molar-refractivity contribution in [3.8, 4) is 11.8 Å². The zero-order valence-corrected chi connectivity index (χ0v) is 16.7. The van der Waals surface area contributed by atoms with Gasteiger partial charge in [0.2, 0.25) is 0 Å². The van der Waals surface area contributed by atoms with Gasteiger partial charge in [0.15, 0.2) is 5.60 Å². The molecule has 2 atom stereocenters. The SMILES string of the molecule is O[C@@](C#CCN1CC[C@H](c2ccccc2)C1)(c1ccccc1)C1CCCCC1. The van der Waals surface area contributed by atoms with Crippen molar-refractivity contribution in [1.82, 2.24) is 4.90 Å². The van der Waals surface area contributed by atoms with Crippen molar-refractivity contribution < 1.29 is 5.11 Å². The molecule has 1 aliphatic carbocycles. The van der Waals surface area contributed by atoms with Gasteiger partial charge in [-0.25, -0.2) is 0 Å². The Morgan fingerprint density at radius 1 is 0.893 bits per heavy atom. The fourth-order valence-electron chi connectivity index (χ4n) is 4.88. The highest BCUT2D eigenvalue weighted by molar-refractivity contribution is 5.33. The summed E-state index contributed by atoms with van der Waals surface area (Å²) >= 11 is 0. The first kappa shape index (κ1) is 19.2. The molecule has 2 aromatic rings. The van der Waals surface area contributed by atoms with E-state index in [2.05, 4.69) is 47.1 Å². The van der Waals surface area contributed by atoms with Crippen LogP contribution in [0.3, 0.4) is 0 Å². The fourth-order valence-corrected chi connectivity index (χ4v) is 4.88. The van der Waals surface area contributed by atoms with Crippen LogP contribution in [0.5, 0.6) is 0 Å². The lowest BCUT2D eigenvalue weighted by atomic mass is 9.73. The Labute approximate surface area is 169 Å². The zero-order chi connectivity index (χ0) is 19.2. The van der Waals surface area contributed by atoms with Crippen LogP contribution in [0.2, 0.25) is 0 Å². The molecule has 0 unspecified atom stereocenters. The van der Waals surface area contributed by atoms with Crippen LogP contribution in [0.15, 0.2) is 60.7 Å². The van der Waals surface area contributed by atoms with Crippen molar-refractivity contribution in [1.29, 1.82) is 0 Å². The lowest BCUT2D eigenvalue weighted by molar-refractivity contribution is 0.0158. The molecule has 0 amide bonds. The fraction of sp³-hybridized carbons (Fsp3) is 0.462. The third-order valence-corrected chi connectivity index (χ3v) is 6.53. The van der Waals surface area contributed by atoms with Gasteiger partial charge in [0.1, 0.15) is 0 Å². The van der Waals surface area contributed by atoms with E-state index in [0.717, 1.165) is 38.0 Å². The minimum atomic E-state index is -1.01. The van der Waals surface area contributed by atoms with Gasteiger partial charge in [-0.2, -0.15) is 0 Å². The zero-order valence-electron chi connectivity index (χ0n) is 16.7. The van der Waals surface area contributed by atoms with Gasteiger partial charge in [0.05, 0.1) is 6.54 Å². The summed E-state index contributed by atoms with van der Waals surface area (Å²) in [5, 5.41) is 11.6. The van der Waals surface area contributed by atoms with Crippen LogP contribution in [0.1, 0.15) is 55.6 Å². The molecular formula is C26H31NO. The highest BCUT2D eigenvalue weighted by Crippen LogP contribution is 2.39. The first-order chi connectivity index (χ1) is 13.8. The third-order valence-electron chi connectivity index (χ3n) is 6.53. The molecule has 0 radical (unpaired) electrons. The van der Waals surface area contributed by atoms with E-state index >= 15 is 0 Å². The molecule has 0 bridgehead atoms. The highest BCUT2D eigenvalue weighted by Gasteiger charge is 2.37. The average molecular weight is 374 g/mol. The van der Waals surface area contributed by atoms with Gasteiger partial charge in [-0.05, 0) is 42.9 Å². The molecule has 2 nitrogen and oxygen atoms in total. The van der Waals surface area contributed by atoms with Gasteiger partial charge >= 0.3 is 0 Å². The maximum Gasteiger partial charge on any atom is 0.153 e. The van der Waals surface area contributed by atoms with Gasteiger partial charge in [-0.3, -0.25) is 4.90 Å². The lowest BCUT2D eigenvalue weighted by Crippen LogP contribution is -2.35. The average Bonchev–Trinajstić information content (AvgIpc) is 3.24. The Balaban J connectivity index is 1.46. The molecule has 1 N–H and O–H groups in total. The Morgan fingerprint density at radius 2 is 1.57 bits per heavy atom. The molecule has 0 aromatic heterocycles. The van der Waals surface area contributed by atoms with Crippen molar-refractivity contribution in [2.75, 3.05) is 19.6 Å². The number of rotatable bonds is 4. The number of nitrogens with zero attached hydrogens (tertiary/aromatic N) is 1.